The molecule has 0 fully saturated rings. The molecule has 0 bridgehead atoms. The molecule has 2 aromatic heterocycles. The second-order valence-corrected chi connectivity index (χ2v) is 11.1. The predicted molar refractivity (Wildman–Crippen MR) is 129 cm³/mol. The van der Waals surface area contributed by atoms with Gasteiger partial charge in [-0.15, -0.1) is 0 Å². The van der Waals surface area contributed by atoms with Crippen molar-refractivity contribution in [2.45, 2.75) is 43.4 Å². The van der Waals surface area contributed by atoms with Crippen molar-refractivity contribution in [2.24, 2.45) is 0 Å². The maximum atomic E-state index is 13.6. The molecule has 1 aliphatic rings. The van der Waals surface area contributed by atoms with E-state index in [1.165, 1.54) is 29.2 Å². The SMILES string of the molecule is CC(C)(C)NS(=O)(=O)c1ccc(C2(O)C(=O)N(Cc3nc4cccnc4o3)c3ccccc32)cc1. The van der Waals surface area contributed by atoms with E-state index in [9.17, 15) is 18.3 Å². The van der Waals surface area contributed by atoms with Crippen LogP contribution in [0, 0.1) is 0 Å². The molecule has 4 aromatic rings. The van der Waals surface area contributed by atoms with E-state index in [0.717, 1.165) is 0 Å². The predicted octanol–water partition coefficient (Wildman–Crippen LogP) is 3.08. The van der Waals surface area contributed by atoms with Gasteiger partial charge in [-0.2, -0.15) is 0 Å². The van der Waals surface area contributed by atoms with Gasteiger partial charge >= 0.3 is 0 Å². The molecular formula is C25H24N4O5S. The number of oxazole rings is 1. The number of carbonyl (C=O) groups is 1. The van der Waals surface area contributed by atoms with Crippen LogP contribution in [0.2, 0.25) is 0 Å². The molecule has 0 spiro atoms. The van der Waals surface area contributed by atoms with E-state index in [1.807, 2.05) is 0 Å². The fraction of sp³-hybridized carbons (Fsp3) is 0.240. The number of sulfonamides is 1. The number of pyridine rings is 1. The van der Waals surface area contributed by atoms with E-state index in [2.05, 4.69) is 14.7 Å². The summed E-state index contributed by atoms with van der Waals surface area (Å²) in [5, 5.41) is 11.7. The van der Waals surface area contributed by atoms with Gasteiger partial charge in [0.25, 0.3) is 5.91 Å². The number of aromatic nitrogens is 2. The highest BCUT2D eigenvalue weighted by atomic mass is 32.2. The molecule has 0 saturated heterocycles. The van der Waals surface area contributed by atoms with Gasteiger partial charge in [0.15, 0.2) is 5.60 Å². The molecule has 0 saturated carbocycles. The maximum Gasteiger partial charge on any atom is 0.268 e. The van der Waals surface area contributed by atoms with Gasteiger partial charge in [-0.25, -0.2) is 23.1 Å². The lowest BCUT2D eigenvalue weighted by Gasteiger charge is -2.24. The van der Waals surface area contributed by atoms with Crippen molar-refractivity contribution in [3.05, 3.63) is 83.9 Å². The number of fused-ring (bicyclic) bond motifs is 2. The van der Waals surface area contributed by atoms with Gasteiger partial charge in [0.05, 0.1) is 10.6 Å². The minimum absolute atomic E-state index is 0.00349. The standard InChI is InChI=1S/C25H24N4O5S/c1-24(2,3)28-35(32,33)17-12-10-16(11-13-17)25(31)18-7-4-5-9-20(18)29(23(25)30)15-21-27-19-8-6-14-26-22(19)34-21/h4-14,28,31H,15H2,1-3H3. The largest absolute Gasteiger partial charge is 0.420 e. The first-order chi connectivity index (χ1) is 16.5. The average molecular weight is 493 g/mol. The number of amides is 1. The third-order valence-corrected chi connectivity index (χ3v) is 7.44. The molecule has 0 aliphatic carbocycles. The maximum absolute atomic E-state index is 13.6. The fourth-order valence-electron chi connectivity index (χ4n) is 4.23. The van der Waals surface area contributed by atoms with Gasteiger partial charge in [-0.3, -0.25) is 9.69 Å². The van der Waals surface area contributed by atoms with Gasteiger partial charge in [0.2, 0.25) is 21.6 Å². The first-order valence-electron chi connectivity index (χ1n) is 11.0. The Kier molecular flexibility index (Phi) is 5.28. The molecule has 35 heavy (non-hydrogen) atoms. The van der Waals surface area contributed by atoms with Crippen LogP contribution in [0.1, 0.15) is 37.8 Å². The summed E-state index contributed by atoms with van der Waals surface area (Å²) in [4.78, 5) is 23.6. The van der Waals surface area contributed by atoms with Crippen LogP contribution in [0.25, 0.3) is 11.2 Å². The average Bonchev–Trinajstić information content (AvgIpc) is 3.31. The van der Waals surface area contributed by atoms with Crippen LogP contribution in [0.5, 0.6) is 0 Å². The summed E-state index contributed by atoms with van der Waals surface area (Å²) in [5.74, 6) is -0.307. The van der Waals surface area contributed by atoms with E-state index < -0.39 is 27.1 Å². The second kappa shape index (κ2) is 7.98. The number of rotatable bonds is 5. The lowest BCUT2D eigenvalue weighted by molar-refractivity contribution is -0.132. The van der Waals surface area contributed by atoms with Crippen molar-refractivity contribution < 1.29 is 22.7 Å². The first-order valence-corrected chi connectivity index (χ1v) is 12.5. The molecule has 3 heterocycles. The van der Waals surface area contributed by atoms with Crippen LogP contribution in [0.4, 0.5) is 5.69 Å². The summed E-state index contributed by atoms with van der Waals surface area (Å²) in [6.07, 6.45) is 1.59. The zero-order valence-electron chi connectivity index (χ0n) is 19.4. The van der Waals surface area contributed by atoms with E-state index in [0.29, 0.717) is 22.5 Å². The van der Waals surface area contributed by atoms with Crippen molar-refractivity contribution in [1.82, 2.24) is 14.7 Å². The summed E-state index contributed by atoms with van der Waals surface area (Å²) in [5.41, 5.74) is -0.565. The Hall–Kier alpha value is -3.60. The van der Waals surface area contributed by atoms with Gasteiger partial charge < -0.3 is 9.52 Å². The molecule has 1 atom stereocenters. The van der Waals surface area contributed by atoms with Crippen LogP contribution in [-0.4, -0.2) is 34.9 Å². The summed E-state index contributed by atoms with van der Waals surface area (Å²) >= 11 is 0. The third-order valence-electron chi connectivity index (χ3n) is 5.67. The Balaban J connectivity index is 1.51. The van der Waals surface area contributed by atoms with Gasteiger partial charge in [0.1, 0.15) is 12.1 Å². The smallest absolute Gasteiger partial charge is 0.268 e. The topological polar surface area (TPSA) is 126 Å². The van der Waals surface area contributed by atoms with Crippen LogP contribution in [-0.2, 0) is 27.0 Å². The Morgan fingerprint density at radius 2 is 1.77 bits per heavy atom. The first kappa shape index (κ1) is 23.2. The number of aliphatic hydroxyl groups is 1. The van der Waals surface area contributed by atoms with Crippen LogP contribution in [0.15, 0.2) is 76.2 Å². The van der Waals surface area contributed by atoms with Crippen molar-refractivity contribution in [3.8, 4) is 0 Å². The molecule has 2 aromatic carbocycles. The van der Waals surface area contributed by atoms with Crippen molar-refractivity contribution >= 4 is 32.8 Å². The van der Waals surface area contributed by atoms with E-state index in [1.54, 1.807) is 63.4 Å². The number of nitrogens with one attached hydrogen (secondary N) is 1. The van der Waals surface area contributed by atoms with Crippen LogP contribution >= 0.6 is 0 Å². The molecule has 1 unspecified atom stereocenters. The van der Waals surface area contributed by atoms with Gasteiger partial charge in [-0.05, 0) is 56.7 Å². The van der Waals surface area contributed by atoms with Crippen molar-refractivity contribution in [2.75, 3.05) is 4.90 Å². The molecule has 0 radical (unpaired) electrons. The highest BCUT2D eigenvalue weighted by Gasteiger charge is 2.51. The summed E-state index contributed by atoms with van der Waals surface area (Å²) in [7, 11) is -3.77. The second-order valence-electron chi connectivity index (χ2n) is 9.43. The number of benzene rings is 2. The normalized spacial score (nSPS) is 18.3. The molecule has 180 valence electrons. The third kappa shape index (κ3) is 3.99. The minimum atomic E-state index is -3.77. The zero-order valence-corrected chi connectivity index (χ0v) is 20.2. The molecule has 9 nitrogen and oxygen atoms in total. The molecule has 1 amide bonds. The number of nitrogens with zero attached hydrogens (tertiary/aromatic N) is 3. The molecule has 5 rings (SSSR count). The van der Waals surface area contributed by atoms with Crippen LogP contribution in [0.3, 0.4) is 0 Å². The Morgan fingerprint density at radius 3 is 2.46 bits per heavy atom. The zero-order chi connectivity index (χ0) is 25.0. The Bertz CT molecular complexity index is 1510. The Morgan fingerprint density at radius 1 is 1.06 bits per heavy atom. The highest BCUT2D eigenvalue weighted by Crippen LogP contribution is 2.45. The quantitative estimate of drug-likeness (QED) is 0.438. The summed E-state index contributed by atoms with van der Waals surface area (Å²) < 4.78 is 33.6. The number of hydrogen-bond acceptors (Lipinski definition) is 7. The number of carbonyl (C=O) groups excluding carboxylic acids is 1. The molecule has 1 aliphatic heterocycles. The lowest BCUT2D eigenvalue weighted by Crippen LogP contribution is -2.41. The highest BCUT2D eigenvalue weighted by molar-refractivity contribution is 7.89. The number of para-hydroxylation sites is 1. The lowest BCUT2D eigenvalue weighted by atomic mass is 9.87. The fourth-order valence-corrected chi connectivity index (χ4v) is 5.64. The van der Waals surface area contributed by atoms with Gasteiger partial charge in [-0.1, -0.05) is 30.3 Å². The number of hydrogen-bond donors (Lipinski definition) is 2. The van der Waals surface area contributed by atoms with Crippen LogP contribution < -0.4 is 9.62 Å². The molecule has 10 heteroatoms. The minimum Gasteiger partial charge on any atom is -0.420 e. The monoisotopic (exact) mass is 492 g/mol. The molecule has 2 N–H and O–H groups in total. The Labute approximate surface area is 202 Å². The summed E-state index contributed by atoms with van der Waals surface area (Å²) in [6, 6.07) is 16.1. The van der Waals surface area contributed by atoms with Gasteiger partial charge in [0, 0.05) is 17.3 Å². The van der Waals surface area contributed by atoms with E-state index >= 15 is 0 Å². The van der Waals surface area contributed by atoms with Crippen molar-refractivity contribution in [1.29, 1.82) is 0 Å². The van der Waals surface area contributed by atoms with Crippen molar-refractivity contribution in [3.63, 3.8) is 0 Å². The molecular weight excluding hydrogens is 468 g/mol. The summed E-state index contributed by atoms with van der Waals surface area (Å²) in [6.45, 7) is 5.24. The van der Waals surface area contributed by atoms with E-state index in [-0.39, 0.29) is 22.9 Å². The number of anilines is 1. The van der Waals surface area contributed by atoms with E-state index in [4.69, 9.17) is 4.42 Å².